The van der Waals surface area contributed by atoms with Crippen LogP contribution in [0.3, 0.4) is 0 Å². The second-order valence-electron chi connectivity index (χ2n) is 4.60. The van der Waals surface area contributed by atoms with Gasteiger partial charge in [-0.3, -0.25) is 4.72 Å². The molecule has 2 rings (SSSR count). The zero-order valence-electron chi connectivity index (χ0n) is 11.1. The van der Waals surface area contributed by atoms with E-state index in [4.69, 9.17) is 0 Å². The lowest BCUT2D eigenvalue weighted by Gasteiger charge is -2.11. The van der Waals surface area contributed by atoms with Crippen molar-refractivity contribution in [3.8, 4) is 0 Å². The number of thiophene rings is 1. The van der Waals surface area contributed by atoms with E-state index in [2.05, 4.69) is 25.6 Å². The average molecular weight is 375 g/mol. The van der Waals surface area contributed by atoms with E-state index in [1.165, 1.54) is 11.3 Å². The van der Waals surface area contributed by atoms with Crippen LogP contribution >= 0.6 is 27.3 Å². The molecule has 0 fully saturated rings. The molecule has 1 aromatic carbocycles. The van der Waals surface area contributed by atoms with Gasteiger partial charge in [0.05, 0.1) is 0 Å². The quantitative estimate of drug-likeness (QED) is 0.872. The smallest absolute Gasteiger partial charge is 0.272 e. The van der Waals surface area contributed by atoms with E-state index in [-0.39, 0.29) is 4.21 Å². The second-order valence-corrected chi connectivity index (χ2v) is 8.24. The molecule has 0 saturated carbocycles. The third-order valence-electron chi connectivity index (χ3n) is 2.53. The van der Waals surface area contributed by atoms with Gasteiger partial charge in [-0.05, 0) is 59.2 Å². The molecule has 20 heavy (non-hydrogen) atoms. The molecule has 0 radical (unpaired) electrons. The predicted octanol–water partition coefficient (Wildman–Crippen LogP) is 3.37. The summed E-state index contributed by atoms with van der Waals surface area (Å²) in [6.07, 6.45) is 0. The molecule has 108 valence electrons. The highest BCUT2D eigenvalue weighted by atomic mass is 79.9. The Morgan fingerprint density at radius 3 is 2.35 bits per heavy atom. The van der Waals surface area contributed by atoms with E-state index in [1.807, 2.05) is 26.2 Å². The van der Waals surface area contributed by atoms with Gasteiger partial charge < -0.3 is 4.90 Å². The van der Waals surface area contributed by atoms with Gasteiger partial charge in [0.25, 0.3) is 10.0 Å². The maximum absolute atomic E-state index is 12.2. The number of nitrogens with zero attached hydrogens (tertiary/aromatic N) is 1. The Labute approximate surface area is 131 Å². The third-order valence-corrected chi connectivity index (χ3v) is 6.58. The average Bonchev–Trinajstić information content (AvgIpc) is 2.78. The van der Waals surface area contributed by atoms with Crippen molar-refractivity contribution in [3.63, 3.8) is 0 Å². The van der Waals surface area contributed by atoms with E-state index in [1.54, 1.807) is 23.6 Å². The predicted molar refractivity (Wildman–Crippen MR) is 86.7 cm³/mol. The summed E-state index contributed by atoms with van der Waals surface area (Å²) < 4.78 is 27.9. The lowest BCUT2D eigenvalue weighted by molar-refractivity contribution is 0.402. The van der Waals surface area contributed by atoms with Gasteiger partial charge in [-0.1, -0.05) is 12.1 Å². The van der Waals surface area contributed by atoms with Gasteiger partial charge >= 0.3 is 0 Å². The fourth-order valence-corrected chi connectivity index (χ4v) is 5.11. The molecule has 4 nitrogen and oxygen atoms in total. The summed E-state index contributed by atoms with van der Waals surface area (Å²) in [5.74, 6) is 0. The van der Waals surface area contributed by atoms with Crippen LogP contribution in [0, 0.1) is 0 Å². The molecule has 1 N–H and O–H groups in total. The van der Waals surface area contributed by atoms with Crippen LogP contribution < -0.4 is 4.72 Å². The van der Waals surface area contributed by atoms with Gasteiger partial charge in [0, 0.05) is 16.7 Å². The van der Waals surface area contributed by atoms with Crippen molar-refractivity contribution in [3.05, 3.63) is 45.7 Å². The fraction of sp³-hybridized carbons (Fsp3) is 0.231. The van der Waals surface area contributed by atoms with Gasteiger partial charge in [-0.15, -0.1) is 11.3 Å². The minimum absolute atomic E-state index is 0.287. The molecule has 0 amide bonds. The molecule has 0 atom stereocenters. The molecule has 7 heteroatoms. The van der Waals surface area contributed by atoms with E-state index in [9.17, 15) is 8.42 Å². The summed E-state index contributed by atoms with van der Waals surface area (Å²) in [6.45, 7) is 0.823. The van der Waals surface area contributed by atoms with Gasteiger partial charge in [-0.25, -0.2) is 8.42 Å². The highest BCUT2D eigenvalue weighted by Gasteiger charge is 2.19. The van der Waals surface area contributed by atoms with E-state index >= 15 is 0 Å². The SMILES string of the molecule is CN(C)Cc1ccc(NS(=O)(=O)c2sccc2Br)cc1. The number of sulfonamides is 1. The molecule has 1 heterocycles. The number of halogens is 1. The number of rotatable bonds is 5. The lowest BCUT2D eigenvalue weighted by Crippen LogP contribution is -2.13. The standard InChI is InChI=1S/C13H15BrN2O2S2/c1-16(2)9-10-3-5-11(6-4-10)15-20(17,18)13-12(14)7-8-19-13/h3-8,15H,9H2,1-2H3. The highest BCUT2D eigenvalue weighted by molar-refractivity contribution is 9.10. The number of benzene rings is 1. The molecule has 0 aliphatic carbocycles. The summed E-state index contributed by atoms with van der Waals surface area (Å²) in [6, 6.07) is 9.11. The largest absolute Gasteiger partial charge is 0.305 e. The van der Waals surface area contributed by atoms with Gasteiger partial charge in [0.2, 0.25) is 0 Å². The van der Waals surface area contributed by atoms with Gasteiger partial charge in [0.15, 0.2) is 4.21 Å². The Balaban J connectivity index is 2.16. The number of hydrogen-bond donors (Lipinski definition) is 1. The van der Waals surface area contributed by atoms with Crippen LogP contribution in [0.25, 0.3) is 0 Å². The van der Waals surface area contributed by atoms with Crippen LogP contribution in [-0.2, 0) is 16.6 Å². The minimum Gasteiger partial charge on any atom is -0.305 e. The molecular formula is C13H15BrN2O2S2. The first-order valence-corrected chi connectivity index (χ1v) is 9.03. The second kappa shape index (κ2) is 6.26. The van der Waals surface area contributed by atoms with Crippen molar-refractivity contribution < 1.29 is 8.42 Å². The fourth-order valence-electron chi connectivity index (χ4n) is 1.72. The van der Waals surface area contributed by atoms with Crippen LogP contribution in [0.4, 0.5) is 5.69 Å². The maximum Gasteiger partial charge on any atom is 0.272 e. The van der Waals surface area contributed by atoms with E-state index < -0.39 is 10.0 Å². The van der Waals surface area contributed by atoms with Crippen LogP contribution in [-0.4, -0.2) is 27.4 Å². The molecule has 1 aromatic heterocycles. The molecule has 0 bridgehead atoms. The van der Waals surface area contributed by atoms with Crippen LogP contribution in [0.15, 0.2) is 44.4 Å². The Hall–Kier alpha value is -0.890. The molecule has 0 aliphatic heterocycles. The lowest BCUT2D eigenvalue weighted by atomic mass is 10.2. The summed E-state index contributed by atoms with van der Waals surface area (Å²) in [5, 5.41) is 1.73. The molecule has 0 spiro atoms. The first-order valence-electron chi connectivity index (χ1n) is 5.88. The van der Waals surface area contributed by atoms with Gasteiger partial charge in [0.1, 0.15) is 0 Å². The summed E-state index contributed by atoms with van der Waals surface area (Å²) in [7, 11) is 0.457. The highest BCUT2D eigenvalue weighted by Crippen LogP contribution is 2.29. The van der Waals surface area contributed by atoms with E-state index in [0.29, 0.717) is 10.2 Å². The van der Waals surface area contributed by atoms with Gasteiger partial charge in [-0.2, -0.15) is 0 Å². The summed E-state index contributed by atoms with van der Waals surface area (Å²) >= 11 is 4.42. The maximum atomic E-state index is 12.2. The Morgan fingerprint density at radius 2 is 1.85 bits per heavy atom. The summed E-state index contributed by atoms with van der Waals surface area (Å²) in [5.41, 5.74) is 1.70. The van der Waals surface area contributed by atoms with E-state index in [0.717, 1.165) is 12.1 Å². The number of anilines is 1. The third kappa shape index (κ3) is 3.82. The van der Waals surface area contributed by atoms with Crippen molar-refractivity contribution in [2.75, 3.05) is 18.8 Å². The zero-order chi connectivity index (χ0) is 14.8. The van der Waals surface area contributed by atoms with Crippen LogP contribution in [0.2, 0.25) is 0 Å². The van der Waals surface area contributed by atoms with Crippen molar-refractivity contribution in [2.24, 2.45) is 0 Å². The zero-order valence-corrected chi connectivity index (χ0v) is 14.3. The van der Waals surface area contributed by atoms with Crippen LogP contribution in [0.1, 0.15) is 5.56 Å². The Bertz CT molecular complexity index is 679. The first-order chi connectivity index (χ1) is 9.38. The molecular weight excluding hydrogens is 360 g/mol. The van der Waals surface area contributed by atoms with Crippen molar-refractivity contribution in [1.29, 1.82) is 0 Å². The Morgan fingerprint density at radius 1 is 1.20 bits per heavy atom. The number of hydrogen-bond acceptors (Lipinski definition) is 4. The van der Waals surface area contributed by atoms with Crippen molar-refractivity contribution in [2.45, 2.75) is 10.8 Å². The summed E-state index contributed by atoms with van der Waals surface area (Å²) in [4.78, 5) is 2.06. The van der Waals surface area contributed by atoms with Crippen LogP contribution in [0.5, 0.6) is 0 Å². The first kappa shape index (κ1) is 15.5. The topological polar surface area (TPSA) is 49.4 Å². The Kier molecular flexibility index (Phi) is 4.85. The molecule has 0 saturated heterocycles. The molecule has 2 aromatic rings. The molecule has 0 unspecified atom stereocenters. The van der Waals surface area contributed by atoms with Crippen molar-refractivity contribution >= 4 is 43.0 Å². The number of nitrogens with one attached hydrogen (secondary N) is 1. The normalized spacial score (nSPS) is 11.8. The minimum atomic E-state index is -3.53. The van der Waals surface area contributed by atoms with Crippen molar-refractivity contribution in [1.82, 2.24) is 4.90 Å². The monoisotopic (exact) mass is 374 g/mol. The molecule has 0 aliphatic rings.